The van der Waals surface area contributed by atoms with Gasteiger partial charge in [-0.2, -0.15) is 0 Å². The minimum atomic E-state index is 0.158. The number of fused-ring (bicyclic) bond motifs is 1. The fraction of sp³-hybridized carbons (Fsp3) is 0.632. The Bertz CT molecular complexity index is 908. The van der Waals surface area contributed by atoms with Crippen LogP contribution in [0.5, 0.6) is 0 Å². The molecule has 2 aliphatic carbocycles. The smallest absolute Gasteiger partial charge is 0.228 e. The second-order valence-electron chi connectivity index (χ2n) is 7.78. The summed E-state index contributed by atoms with van der Waals surface area (Å²) in [4.78, 5) is 18.4. The highest BCUT2D eigenvalue weighted by Gasteiger charge is 2.40. The molecule has 0 saturated heterocycles. The Labute approximate surface area is 172 Å². The van der Waals surface area contributed by atoms with Gasteiger partial charge in [-0.05, 0) is 67.2 Å². The number of aromatic nitrogens is 2. The number of hydrogen-bond acceptors (Lipinski definition) is 6. The van der Waals surface area contributed by atoms with Crippen LogP contribution in [0.25, 0.3) is 0 Å². The summed E-state index contributed by atoms with van der Waals surface area (Å²) in [6, 6.07) is 3.15. The summed E-state index contributed by atoms with van der Waals surface area (Å²) in [6.07, 6.45) is 6.43. The van der Waals surface area contributed by atoms with Crippen LogP contribution in [0.3, 0.4) is 0 Å². The van der Waals surface area contributed by atoms with Crippen molar-refractivity contribution in [3.8, 4) is 0 Å². The van der Waals surface area contributed by atoms with Gasteiger partial charge in [0.1, 0.15) is 0 Å². The van der Waals surface area contributed by atoms with Crippen molar-refractivity contribution in [1.82, 2.24) is 14.7 Å². The van der Waals surface area contributed by atoms with E-state index in [9.17, 15) is 4.79 Å². The molecule has 2 fully saturated rings. The van der Waals surface area contributed by atoms with Crippen LogP contribution in [0, 0.1) is 9.87 Å². The van der Waals surface area contributed by atoms with E-state index in [-0.39, 0.29) is 5.91 Å². The minimum absolute atomic E-state index is 0.158. The maximum absolute atomic E-state index is 12.4. The number of thiophene rings is 1. The Morgan fingerprint density at radius 2 is 2.19 bits per heavy atom. The van der Waals surface area contributed by atoms with Gasteiger partial charge in [-0.15, -0.1) is 16.4 Å². The monoisotopic (exact) mass is 420 g/mol. The summed E-state index contributed by atoms with van der Waals surface area (Å²) in [5, 5.41) is 7.81. The highest BCUT2D eigenvalue weighted by Crippen LogP contribution is 2.48. The summed E-state index contributed by atoms with van der Waals surface area (Å²) >= 11 is 9.01. The number of anilines is 1. The van der Waals surface area contributed by atoms with Gasteiger partial charge in [0.15, 0.2) is 3.95 Å². The quantitative estimate of drug-likeness (QED) is 0.640. The van der Waals surface area contributed by atoms with Crippen molar-refractivity contribution in [2.45, 2.75) is 64.2 Å². The fourth-order valence-corrected chi connectivity index (χ4v) is 6.23. The number of amides is 1. The van der Waals surface area contributed by atoms with Crippen molar-refractivity contribution < 1.29 is 4.79 Å². The lowest BCUT2D eigenvalue weighted by Gasteiger charge is -2.35. The molecule has 2 aromatic rings. The van der Waals surface area contributed by atoms with E-state index in [0.717, 1.165) is 47.5 Å². The lowest BCUT2D eigenvalue weighted by molar-refractivity contribution is -0.118. The molecule has 8 heteroatoms. The fourth-order valence-electron chi connectivity index (χ4n) is 4.14. The lowest BCUT2D eigenvalue weighted by atomic mass is 9.96. The van der Waals surface area contributed by atoms with E-state index in [1.165, 1.54) is 29.7 Å². The molecule has 5 rings (SSSR count). The zero-order valence-electron chi connectivity index (χ0n) is 15.5. The van der Waals surface area contributed by atoms with Gasteiger partial charge in [0.2, 0.25) is 11.0 Å². The third-order valence-corrected chi connectivity index (χ3v) is 8.09. The number of hydrogen-bond donors (Lipinski definition) is 0. The number of carbonyl (C=O) groups is 1. The van der Waals surface area contributed by atoms with Crippen molar-refractivity contribution in [3.05, 3.63) is 25.8 Å². The predicted octanol–water partition coefficient (Wildman–Crippen LogP) is 4.61. The molecule has 0 bridgehead atoms. The standard InChI is InChI=1S/C19H24N4OS3/c1-2-16(24)23(13-5-6-13)18-20-22(19(25)27-18)11-21-9-7-15-14(8-10-26-15)17(21)12-3-4-12/h8,10,12-13,17H,2-7,9,11H2,1H3/t17-/m1/s1. The van der Waals surface area contributed by atoms with Gasteiger partial charge in [-0.1, -0.05) is 18.3 Å². The first kappa shape index (κ1) is 18.0. The molecule has 1 aliphatic heterocycles. The summed E-state index contributed by atoms with van der Waals surface area (Å²) in [6.45, 7) is 3.70. The summed E-state index contributed by atoms with van der Waals surface area (Å²) in [5.41, 5.74) is 1.52. The van der Waals surface area contributed by atoms with E-state index in [1.54, 1.807) is 4.88 Å². The van der Waals surface area contributed by atoms with Gasteiger partial charge in [-0.25, -0.2) is 4.68 Å². The molecule has 5 nitrogen and oxygen atoms in total. The first-order chi connectivity index (χ1) is 13.2. The van der Waals surface area contributed by atoms with Crippen molar-refractivity contribution in [2.24, 2.45) is 5.92 Å². The average Bonchev–Trinajstić information content (AvgIpc) is 3.58. The molecule has 0 radical (unpaired) electrons. The van der Waals surface area contributed by atoms with Gasteiger partial charge in [0.25, 0.3) is 0 Å². The molecule has 144 valence electrons. The van der Waals surface area contributed by atoms with Gasteiger partial charge in [-0.3, -0.25) is 14.6 Å². The molecule has 27 heavy (non-hydrogen) atoms. The molecule has 1 atom stereocenters. The Hall–Kier alpha value is -1.09. The SMILES string of the molecule is CCC(=O)N(c1nn(CN2CCc3sccc3[C@H]2C2CC2)c(=S)s1)C1CC1. The Morgan fingerprint density at radius 3 is 2.89 bits per heavy atom. The van der Waals surface area contributed by atoms with Crippen LogP contribution < -0.4 is 4.90 Å². The van der Waals surface area contributed by atoms with Crippen LogP contribution in [0.4, 0.5) is 5.13 Å². The Balaban J connectivity index is 1.40. The van der Waals surface area contributed by atoms with Crippen LogP contribution in [0.2, 0.25) is 0 Å². The molecular formula is C19H24N4OS3. The number of rotatable bonds is 6. The highest BCUT2D eigenvalue weighted by molar-refractivity contribution is 7.73. The van der Waals surface area contributed by atoms with E-state index in [0.29, 0.717) is 18.5 Å². The highest BCUT2D eigenvalue weighted by atomic mass is 32.1. The minimum Gasteiger partial charge on any atom is -0.284 e. The number of nitrogens with zero attached hydrogens (tertiary/aromatic N) is 4. The average molecular weight is 421 g/mol. The molecular weight excluding hydrogens is 396 g/mol. The Kier molecular flexibility index (Phi) is 4.70. The predicted molar refractivity (Wildman–Crippen MR) is 112 cm³/mol. The molecule has 2 saturated carbocycles. The summed E-state index contributed by atoms with van der Waals surface area (Å²) in [7, 11) is 0. The first-order valence-corrected chi connectivity index (χ1v) is 12.0. The van der Waals surface area contributed by atoms with E-state index >= 15 is 0 Å². The molecule has 0 unspecified atom stereocenters. The van der Waals surface area contributed by atoms with Crippen LogP contribution in [0.1, 0.15) is 55.5 Å². The van der Waals surface area contributed by atoms with E-state index in [2.05, 4.69) is 16.3 Å². The second kappa shape index (κ2) is 7.06. The number of carbonyl (C=O) groups excluding carboxylic acids is 1. The van der Waals surface area contributed by atoms with Crippen LogP contribution in [-0.4, -0.2) is 33.2 Å². The Morgan fingerprint density at radius 1 is 1.37 bits per heavy atom. The topological polar surface area (TPSA) is 41.4 Å². The van der Waals surface area contributed by atoms with Crippen LogP contribution in [0.15, 0.2) is 11.4 Å². The van der Waals surface area contributed by atoms with E-state index in [4.69, 9.17) is 17.3 Å². The van der Waals surface area contributed by atoms with Gasteiger partial charge in [0.05, 0.1) is 6.67 Å². The van der Waals surface area contributed by atoms with Crippen LogP contribution in [-0.2, 0) is 17.9 Å². The van der Waals surface area contributed by atoms with E-state index in [1.807, 2.05) is 27.8 Å². The first-order valence-electron chi connectivity index (χ1n) is 9.86. The van der Waals surface area contributed by atoms with Crippen molar-refractivity contribution in [2.75, 3.05) is 11.4 Å². The molecule has 0 N–H and O–H groups in total. The van der Waals surface area contributed by atoms with Crippen molar-refractivity contribution in [1.29, 1.82) is 0 Å². The molecule has 3 aliphatic rings. The third kappa shape index (κ3) is 3.41. The summed E-state index contributed by atoms with van der Waals surface area (Å²) in [5.74, 6) is 0.931. The normalized spacial score (nSPS) is 22.6. The maximum atomic E-state index is 12.4. The third-order valence-electron chi connectivity index (χ3n) is 5.79. The molecule has 2 aromatic heterocycles. The molecule has 0 aromatic carbocycles. The second-order valence-corrected chi connectivity index (χ2v) is 10.4. The van der Waals surface area contributed by atoms with Gasteiger partial charge >= 0.3 is 0 Å². The maximum Gasteiger partial charge on any atom is 0.228 e. The summed E-state index contributed by atoms with van der Waals surface area (Å²) < 4.78 is 2.71. The lowest BCUT2D eigenvalue weighted by Crippen LogP contribution is -2.38. The molecule has 0 spiro atoms. The molecule has 1 amide bonds. The van der Waals surface area contributed by atoms with Gasteiger partial charge < -0.3 is 0 Å². The zero-order chi connectivity index (χ0) is 18.5. The van der Waals surface area contributed by atoms with Crippen molar-refractivity contribution in [3.63, 3.8) is 0 Å². The van der Waals surface area contributed by atoms with E-state index < -0.39 is 0 Å². The van der Waals surface area contributed by atoms with Crippen molar-refractivity contribution >= 4 is 45.9 Å². The van der Waals surface area contributed by atoms with Gasteiger partial charge in [0, 0.05) is 29.9 Å². The molecule has 3 heterocycles. The zero-order valence-corrected chi connectivity index (χ0v) is 17.9. The van der Waals surface area contributed by atoms with Crippen LogP contribution >= 0.6 is 34.9 Å². The largest absolute Gasteiger partial charge is 0.284 e.